The van der Waals surface area contributed by atoms with Crippen LogP contribution in [0, 0.1) is 0 Å². The average Bonchev–Trinajstić information content (AvgIpc) is 2.46. The third-order valence-corrected chi connectivity index (χ3v) is 4.47. The van der Waals surface area contributed by atoms with Crippen molar-refractivity contribution in [3.8, 4) is 0 Å². The molecule has 1 N–H and O–H groups in total. The van der Waals surface area contributed by atoms with Gasteiger partial charge in [0.1, 0.15) is 0 Å². The molecule has 0 aliphatic heterocycles. The number of hydrogen-bond donors (Lipinski definition) is 1. The highest BCUT2D eigenvalue weighted by atomic mass is 79.9. The number of rotatable bonds is 5. The van der Waals surface area contributed by atoms with E-state index in [-0.39, 0.29) is 6.54 Å². The van der Waals surface area contributed by atoms with E-state index in [2.05, 4.69) is 15.9 Å². The Morgan fingerprint density at radius 3 is 2.68 bits per heavy atom. The van der Waals surface area contributed by atoms with Crippen molar-refractivity contribution in [3.05, 3.63) is 63.1 Å². The van der Waals surface area contributed by atoms with E-state index in [0.29, 0.717) is 21.8 Å². The van der Waals surface area contributed by atoms with Crippen molar-refractivity contribution in [2.24, 2.45) is 0 Å². The van der Waals surface area contributed by atoms with Gasteiger partial charge in [-0.25, -0.2) is 9.10 Å². The molecule has 7 heteroatoms. The minimum Gasteiger partial charge on any atom is -0.464 e. The Balaban J connectivity index is 2.23. The van der Waals surface area contributed by atoms with Crippen molar-refractivity contribution < 1.29 is 14.7 Å². The highest BCUT2D eigenvalue weighted by Crippen LogP contribution is 2.28. The fourth-order valence-electron chi connectivity index (χ4n) is 1.79. The summed E-state index contributed by atoms with van der Waals surface area (Å²) in [5.41, 5.74) is 1.20. The average molecular weight is 401 g/mol. The van der Waals surface area contributed by atoms with E-state index in [4.69, 9.17) is 11.6 Å². The summed E-state index contributed by atoms with van der Waals surface area (Å²) in [7, 11) is 0. The van der Waals surface area contributed by atoms with Crippen LogP contribution in [-0.4, -0.2) is 21.8 Å². The van der Waals surface area contributed by atoms with Gasteiger partial charge in [0.15, 0.2) is 6.29 Å². The molecule has 0 aromatic heterocycles. The zero-order chi connectivity index (χ0) is 16.1. The standard InChI is InChI=1S/C15H11BrClNO3S/c16-12-5-10(6-13(17)7-12)8-18(15(20)21)22-14-4-2-1-3-11(14)9-19/h1-7,9H,8H2,(H,20,21). The molecular formula is C15H11BrClNO3S. The third kappa shape index (κ3) is 4.50. The Morgan fingerprint density at radius 2 is 2.05 bits per heavy atom. The molecule has 0 atom stereocenters. The van der Waals surface area contributed by atoms with Crippen LogP contribution in [0.2, 0.25) is 5.02 Å². The summed E-state index contributed by atoms with van der Waals surface area (Å²) in [4.78, 5) is 23.1. The van der Waals surface area contributed by atoms with Crippen molar-refractivity contribution >= 4 is 51.9 Å². The second-order valence-corrected chi connectivity index (χ2v) is 6.76. The molecule has 1 amide bonds. The summed E-state index contributed by atoms with van der Waals surface area (Å²) in [6, 6.07) is 12.1. The fraction of sp³-hybridized carbons (Fsp3) is 0.0667. The molecule has 0 unspecified atom stereocenters. The van der Waals surface area contributed by atoms with Crippen LogP contribution in [0.5, 0.6) is 0 Å². The van der Waals surface area contributed by atoms with Crippen molar-refractivity contribution in [2.75, 3.05) is 0 Å². The molecule has 0 aliphatic carbocycles. The van der Waals surface area contributed by atoms with Gasteiger partial charge in [0.25, 0.3) is 0 Å². The Labute approximate surface area is 145 Å². The molecule has 4 nitrogen and oxygen atoms in total. The van der Waals surface area contributed by atoms with E-state index in [1.807, 2.05) is 0 Å². The van der Waals surface area contributed by atoms with Gasteiger partial charge in [-0.3, -0.25) is 4.79 Å². The van der Waals surface area contributed by atoms with Crippen LogP contribution >= 0.6 is 39.5 Å². The van der Waals surface area contributed by atoms with Crippen LogP contribution in [0.15, 0.2) is 51.8 Å². The minimum atomic E-state index is -1.10. The van der Waals surface area contributed by atoms with Crippen LogP contribution < -0.4 is 0 Å². The van der Waals surface area contributed by atoms with Crippen LogP contribution in [0.3, 0.4) is 0 Å². The quantitative estimate of drug-likeness (QED) is 0.560. The summed E-state index contributed by atoms with van der Waals surface area (Å²) in [5.74, 6) is 0. The molecule has 0 heterocycles. The third-order valence-electron chi connectivity index (χ3n) is 2.72. The summed E-state index contributed by atoms with van der Waals surface area (Å²) in [6.07, 6.45) is -0.389. The second kappa shape index (κ2) is 7.67. The van der Waals surface area contributed by atoms with Gasteiger partial charge >= 0.3 is 6.09 Å². The van der Waals surface area contributed by atoms with Crippen molar-refractivity contribution in [1.82, 2.24) is 4.31 Å². The number of carbonyl (C=O) groups excluding carboxylic acids is 1. The zero-order valence-corrected chi connectivity index (χ0v) is 14.4. The van der Waals surface area contributed by atoms with E-state index in [1.54, 1.807) is 42.5 Å². The molecule has 0 bridgehead atoms. The SMILES string of the molecule is O=Cc1ccccc1SN(Cc1cc(Cl)cc(Br)c1)C(=O)O. The van der Waals surface area contributed by atoms with Gasteiger partial charge in [-0.05, 0) is 41.8 Å². The monoisotopic (exact) mass is 399 g/mol. The van der Waals surface area contributed by atoms with Crippen LogP contribution in [0.4, 0.5) is 4.79 Å². The predicted octanol–water partition coefficient (Wildman–Crippen LogP) is 5.10. The lowest BCUT2D eigenvalue weighted by molar-refractivity contribution is 0.112. The van der Waals surface area contributed by atoms with E-state index in [0.717, 1.165) is 26.3 Å². The maximum absolute atomic E-state index is 11.4. The van der Waals surface area contributed by atoms with E-state index < -0.39 is 6.09 Å². The Kier molecular flexibility index (Phi) is 5.88. The molecule has 0 fully saturated rings. The van der Waals surface area contributed by atoms with Gasteiger partial charge in [0.05, 0.1) is 6.54 Å². The number of benzene rings is 2. The molecule has 0 radical (unpaired) electrons. The first-order valence-electron chi connectivity index (χ1n) is 6.17. The topological polar surface area (TPSA) is 57.6 Å². The Morgan fingerprint density at radius 1 is 1.32 bits per heavy atom. The lowest BCUT2D eigenvalue weighted by atomic mass is 10.2. The molecular weight excluding hydrogens is 390 g/mol. The van der Waals surface area contributed by atoms with Crippen molar-refractivity contribution in [1.29, 1.82) is 0 Å². The summed E-state index contributed by atoms with van der Waals surface area (Å²) >= 11 is 10.3. The van der Waals surface area contributed by atoms with Gasteiger partial charge in [-0.15, -0.1) is 0 Å². The number of carboxylic acid groups (broad SMARTS) is 1. The van der Waals surface area contributed by atoms with Crippen LogP contribution in [0.1, 0.15) is 15.9 Å². The number of nitrogens with zero attached hydrogens (tertiary/aromatic N) is 1. The van der Waals surface area contributed by atoms with E-state index in [1.165, 1.54) is 0 Å². The number of aldehydes is 1. The maximum Gasteiger partial charge on any atom is 0.418 e. The summed E-state index contributed by atoms with van der Waals surface area (Å²) in [5, 5.41) is 9.89. The lowest BCUT2D eigenvalue weighted by Crippen LogP contribution is -2.21. The van der Waals surface area contributed by atoms with E-state index >= 15 is 0 Å². The first-order valence-corrected chi connectivity index (χ1v) is 8.11. The molecule has 2 aromatic rings. The number of amides is 1. The number of halogens is 2. The molecule has 0 saturated carbocycles. The molecule has 2 rings (SSSR count). The fourth-order valence-corrected chi connectivity index (χ4v) is 3.61. The molecule has 22 heavy (non-hydrogen) atoms. The van der Waals surface area contributed by atoms with Crippen molar-refractivity contribution in [2.45, 2.75) is 11.4 Å². The molecule has 114 valence electrons. The highest BCUT2D eigenvalue weighted by molar-refractivity contribution is 9.10. The van der Waals surface area contributed by atoms with Crippen molar-refractivity contribution in [3.63, 3.8) is 0 Å². The number of hydrogen-bond acceptors (Lipinski definition) is 3. The molecule has 0 aliphatic rings. The lowest BCUT2D eigenvalue weighted by Gasteiger charge is -2.19. The minimum absolute atomic E-state index is 0.145. The second-order valence-electron chi connectivity index (χ2n) is 4.34. The smallest absolute Gasteiger partial charge is 0.418 e. The van der Waals surface area contributed by atoms with E-state index in [9.17, 15) is 14.7 Å². The molecule has 0 spiro atoms. The van der Waals surface area contributed by atoms with Gasteiger partial charge in [-0.2, -0.15) is 0 Å². The van der Waals surface area contributed by atoms with Gasteiger partial charge in [0, 0.05) is 20.0 Å². The highest BCUT2D eigenvalue weighted by Gasteiger charge is 2.16. The molecule has 0 saturated heterocycles. The van der Waals surface area contributed by atoms with Gasteiger partial charge in [0.2, 0.25) is 0 Å². The maximum atomic E-state index is 11.4. The van der Waals surface area contributed by atoms with Crippen LogP contribution in [-0.2, 0) is 6.54 Å². The normalized spacial score (nSPS) is 10.3. The van der Waals surface area contributed by atoms with Crippen LogP contribution in [0.25, 0.3) is 0 Å². The summed E-state index contributed by atoms with van der Waals surface area (Å²) < 4.78 is 1.93. The first kappa shape index (κ1) is 16.9. The Hall–Kier alpha value is -1.50. The summed E-state index contributed by atoms with van der Waals surface area (Å²) in [6.45, 7) is 0.145. The van der Waals surface area contributed by atoms with Gasteiger partial charge < -0.3 is 5.11 Å². The Bertz CT molecular complexity index is 691. The predicted molar refractivity (Wildman–Crippen MR) is 90.4 cm³/mol. The first-order chi connectivity index (χ1) is 10.5. The van der Waals surface area contributed by atoms with Gasteiger partial charge in [-0.1, -0.05) is 45.7 Å². The largest absolute Gasteiger partial charge is 0.464 e. The number of carbonyl (C=O) groups is 2. The zero-order valence-electron chi connectivity index (χ0n) is 11.2. The molecule has 2 aromatic carbocycles.